The fourth-order valence-electron chi connectivity index (χ4n) is 1.17. The van der Waals surface area contributed by atoms with Gasteiger partial charge in [0.05, 0.1) is 7.11 Å². The lowest BCUT2D eigenvalue weighted by Gasteiger charge is -2.10. The number of hydrogen-bond acceptors (Lipinski definition) is 3. The zero-order valence-corrected chi connectivity index (χ0v) is 8.44. The third-order valence-corrected chi connectivity index (χ3v) is 2.20. The van der Waals surface area contributed by atoms with Crippen molar-refractivity contribution in [2.45, 2.75) is 6.42 Å². The van der Waals surface area contributed by atoms with Crippen molar-refractivity contribution in [1.82, 2.24) is 0 Å². The van der Waals surface area contributed by atoms with E-state index in [1.807, 2.05) is 0 Å². The first kappa shape index (κ1) is 11.1. The molecule has 78 valence electrons. The highest BCUT2D eigenvalue weighted by Gasteiger charge is 2.16. The number of phenols is 1. The van der Waals surface area contributed by atoms with Crippen molar-refractivity contribution in [3.05, 3.63) is 22.5 Å². The summed E-state index contributed by atoms with van der Waals surface area (Å²) in [5.41, 5.74) is 5.68. The van der Waals surface area contributed by atoms with Crippen LogP contribution in [0.5, 0.6) is 11.5 Å². The van der Waals surface area contributed by atoms with E-state index in [4.69, 9.17) is 22.1 Å². The molecule has 0 aliphatic heterocycles. The Morgan fingerprint density at radius 3 is 2.79 bits per heavy atom. The molecule has 1 rings (SSSR count). The summed E-state index contributed by atoms with van der Waals surface area (Å²) in [5, 5.41) is 9.42. The lowest BCUT2D eigenvalue weighted by atomic mass is 10.1. The Kier molecular flexibility index (Phi) is 3.55. The van der Waals surface area contributed by atoms with Gasteiger partial charge in [0.15, 0.2) is 11.6 Å². The second-order valence-corrected chi connectivity index (χ2v) is 3.13. The first-order chi connectivity index (χ1) is 6.61. The van der Waals surface area contributed by atoms with Crippen LogP contribution in [0.15, 0.2) is 6.07 Å². The van der Waals surface area contributed by atoms with Crippen LogP contribution in [0.25, 0.3) is 0 Å². The minimum absolute atomic E-state index is 0.115. The molecule has 3 N–H and O–H groups in total. The highest BCUT2D eigenvalue weighted by molar-refractivity contribution is 6.33. The van der Waals surface area contributed by atoms with Crippen LogP contribution < -0.4 is 10.5 Å². The largest absolute Gasteiger partial charge is 0.506 e. The van der Waals surface area contributed by atoms with Crippen LogP contribution >= 0.6 is 11.6 Å². The second-order valence-electron chi connectivity index (χ2n) is 2.75. The molecule has 0 aliphatic carbocycles. The van der Waals surface area contributed by atoms with Gasteiger partial charge in [0.2, 0.25) is 0 Å². The summed E-state index contributed by atoms with van der Waals surface area (Å²) in [5.74, 6) is -0.918. The number of hydrogen-bond donors (Lipinski definition) is 2. The third-order valence-electron chi connectivity index (χ3n) is 1.85. The highest BCUT2D eigenvalue weighted by atomic mass is 35.5. The summed E-state index contributed by atoms with van der Waals surface area (Å²) in [7, 11) is 1.28. The third kappa shape index (κ3) is 1.91. The number of phenolic OH excluding ortho intramolecular Hbond substituents is 1. The second kappa shape index (κ2) is 4.48. The Balaban J connectivity index is 3.25. The van der Waals surface area contributed by atoms with Crippen molar-refractivity contribution in [3.8, 4) is 11.5 Å². The summed E-state index contributed by atoms with van der Waals surface area (Å²) < 4.78 is 17.9. The van der Waals surface area contributed by atoms with Gasteiger partial charge in [-0.1, -0.05) is 11.6 Å². The van der Waals surface area contributed by atoms with E-state index >= 15 is 0 Å². The number of nitrogens with two attached hydrogens (primary N) is 1. The summed E-state index contributed by atoms with van der Waals surface area (Å²) >= 11 is 5.68. The molecule has 0 aromatic heterocycles. The van der Waals surface area contributed by atoms with E-state index in [9.17, 15) is 9.50 Å². The SMILES string of the molecule is COc1c(F)cc(CCN)c(O)c1Cl. The maximum Gasteiger partial charge on any atom is 0.176 e. The molecule has 0 atom stereocenters. The zero-order chi connectivity index (χ0) is 10.7. The molecule has 0 bridgehead atoms. The van der Waals surface area contributed by atoms with Gasteiger partial charge in [0.25, 0.3) is 0 Å². The summed E-state index contributed by atoms with van der Waals surface area (Å²) in [6.45, 7) is 0.315. The number of benzene rings is 1. The molecule has 14 heavy (non-hydrogen) atoms. The molecule has 0 saturated carbocycles. The zero-order valence-electron chi connectivity index (χ0n) is 7.68. The molecular weight excluding hydrogens is 209 g/mol. The molecule has 0 amide bonds. The minimum Gasteiger partial charge on any atom is -0.506 e. The normalized spacial score (nSPS) is 10.3. The fraction of sp³-hybridized carbons (Fsp3) is 0.333. The van der Waals surface area contributed by atoms with Crippen molar-refractivity contribution in [3.63, 3.8) is 0 Å². The Morgan fingerprint density at radius 1 is 1.64 bits per heavy atom. The number of rotatable bonds is 3. The maximum atomic E-state index is 13.3. The van der Waals surface area contributed by atoms with Gasteiger partial charge in [-0.25, -0.2) is 4.39 Å². The first-order valence-electron chi connectivity index (χ1n) is 4.05. The van der Waals surface area contributed by atoms with Crippen molar-refractivity contribution >= 4 is 11.6 Å². The molecule has 1 aromatic rings. The average Bonchev–Trinajstić information content (AvgIpc) is 2.15. The standard InChI is InChI=1S/C9H11ClFNO2/c1-14-9-6(11)4-5(2-3-12)8(13)7(9)10/h4,13H,2-3,12H2,1H3. The fourth-order valence-corrected chi connectivity index (χ4v) is 1.46. The number of aromatic hydroxyl groups is 1. The van der Waals surface area contributed by atoms with Crippen LogP contribution in [-0.4, -0.2) is 18.8 Å². The molecule has 3 nitrogen and oxygen atoms in total. The van der Waals surface area contributed by atoms with Gasteiger partial charge in [0.1, 0.15) is 10.8 Å². The predicted molar refractivity (Wildman–Crippen MR) is 52.4 cm³/mol. The van der Waals surface area contributed by atoms with Crippen LogP contribution in [-0.2, 0) is 6.42 Å². The van der Waals surface area contributed by atoms with E-state index < -0.39 is 5.82 Å². The topological polar surface area (TPSA) is 55.5 Å². The van der Waals surface area contributed by atoms with Crippen molar-refractivity contribution in [2.24, 2.45) is 5.73 Å². The minimum atomic E-state index is -0.598. The van der Waals surface area contributed by atoms with Crippen molar-refractivity contribution in [1.29, 1.82) is 0 Å². The molecule has 0 radical (unpaired) electrons. The predicted octanol–water partition coefficient (Wildman–Crippen LogP) is 1.69. The van der Waals surface area contributed by atoms with E-state index in [2.05, 4.69) is 0 Å². The number of methoxy groups -OCH3 is 1. The monoisotopic (exact) mass is 219 g/mol. The van der Waals surface area contributed by atoms with Gasteiger partial charge in [-0.2, -0.15) is 0 Å². The molecule has 0 saturated heterocycles. The van der Waals surface area contributed by atoms with E-state index in [0.29, 0.717) is 18.5 Å². The van der Waals surface area contributed by atoms with E-state index in [0.717, 1.165) is 0 Å². The van der Waals surface area contributed by atoms with Crippen LogP contribution in [0.3, 0.4) is 0 Å². The summed E-state index contributed by atoms with van der Waals surface area (Å²) in [6.07, 6.45) is 0.368. The van der Waals surface area contributed by atoms with Crippen molar-refractivity contribution < 1.29 is 14.2 Å². The van der Waals surface area contributed by atoms with Crippen LogP contribution in [0.1, 0.15) is 5.56 Å². The molecule has 0 fully saturated rings. The smallest absolute Gasteiger partial charge is 0.176 e. The highest BCUT2D eigenvalue weighted by Crippen LogP contribution is 2.38. The molecule has 0 heterocycles. The van der Waals surface area contributed by atoms with Gasteiger partial charge >= 0.3 is 0 Å². The maximum absolute atomic E-state index is 13.3. The van der Waals surface area contributed by atoms with Gasteiger partial charge in [-0.05, 0) is 24.6 Å². The summed E-state index contributed by atoms with van der Waals surface area (Å²) in [4.78, 5) is 0. The van der Waals surface area contributed by atoms with Crippen molar-refractivity contribution in [2.75, 3.05) is 13.7 Å². The molecule has 5 heteroatoms. The Bertz CT molecular complexity index is 344. The average molecular weight is 220 g/mol. The van der Waals surface area contributed by atoms with Gasteiger partial charge < -0.3 is 15.6 Å². The van der Waals surface area contributed by atoms with E-state index in [1.165, 1.54) is 13.2 Å². The van der Waals surface area contributed by atoms with Crippen LogP contribution in [0.2, 0.25) is 5.02 Å². The Morgan fingerprint density at radius 2 is 2.29 bits per heavy atom. The molecule has 0 spiro atoms. The van der Waals surface area contributed by atoms with Gasteiger partial charge in [-0.3, -0.25) is 0 Å². The lowest BCUT2D eigenvalue weighted by Crippen LogP contribution is -2.04. The molecule has 0 aliphatic rings. The Hall–Kier alpha value is -1.00. The van der Waals surface area contributed by atoms with Crippen LogP contribution in [0, 0.1) is 5.82 Å². The molecule has 1 aromatic carbocycles. The lowest BCUT2D eigenvalue weighted by molar-refractivity contribution is 0.379. The molecular formula is C9H11ClFNO2. The quantitative estimate of drug-likeness (QED) is 0.814. The number of halogens is 2. The number of ether oxygens (including phenoxy) is 1. The Labute approximate surface area is 86.2 Å². The van der Waals surface area contributed by atoms with Crippen LogP contribution in [0.4, 0.5) is 4.39 Å². The van der Waals surface area contributed by atoms with Gasteiger partial charge in [-0.15, -0.1) is 0 Å². The molecule has 0 unspecified atom stereocenters. The van der Waals surface area contributed by atoms with Gasteiger partial charge in [0, 0.05) is 0 Å². The van der Waals surface area contributed by atoms with E-state index in [1.54, 1.807) is 0 Å². The first-order valence-corrected chi connectivity index (χ1v) is 4.43. The van der Waals surface area contributed by atoms with E-state index in [-0.39, 0.29) is 16.5 Å². The summed E-state index contributed by atoms with van der Waals surface area (Å²) in [6, 6.07) is 1.17.